The number of aliphatic carboxylic acids is 1. The molecule has 0 saturated carbocycles. The van der Waals surface area contributed by atoms with Crippen LogP contribution in [0.1, 0.15) is 18.9 Å². The van der Waals surface area contributed by atoms with Gasteiger partial charge >= 0.3 is 5.97 Å². The number of nitrogens with zero attached hydrogens (tertiary/aromatic N) is 1. The largest absolute Gasteiger partial charge is 0.481 e. The summed E-state index contributed by atoms with van der Waals surface area (Å²) in [5, 5.41) is 10.2. The van der Waals surface area contributed by atoms with Crippen molar-refractivity contribution in [3.05, 3.63) is 36.1 Å². The zero-order chi connectivity index (χ0) is 13.8. The van der Waals surface area contributed by atoms with Crippen molar-refractivity contribution in [2.75, 3.05) is 13.6 Å². The van der Waals surface area contributed by atoms with Gasteiger partial charge in [-0.15, -0.1) is 0 Å². The quantitative estimate of drug-likeness (QED) is 0.868. The van der Waals surface area contributed by atoms with E-state index in [1.54, 1.807) is 6.26 Å². The standard InChI is InChI=1S/C15H19NO3/c1-3-11(15(17)18)8-16(2)9-12-10-19-14-7-5-4-6-13(12)14/h4-7,10-11H,3,8-9H2,1-2H3,(H,17,18). The van der Waals surface area contributed by atoms with Crippen molar-refractivity contribution in [2.24, 2.45) is 5.92 Å². The molecule has 0 spiro atoms. The second-order valence-corrected chi connectivity index (χ2v) is 4.90. The molecule has 1 heterocycles. The number of carboxylic acids is 1. The van der Waals surface area contributed by atoms with Crippen LogP contribution in [0.2, 0.25) is 0 Å². The summed E-state index contributed by atoms with van der Waals surface area (Å²) in [7, 11) is 1.94. The Bertz CT molecular complexity index is 561. The van der Waals surface area contributed by atoms with Gasteiger partial charge in [0.15, 0.2) is 0 Å². The smallest absolute Gasteiger partial charge is 0.307 e. The van der Waals surface area contributed by atoms with Crippen LogP contribution < -0.4 is 0 Å². The molecule has 1 atom stereocenters. The second kappa shape index (κ2) is 5.89. The molecule has 0 aliphatic heterocycles. The number of benzene rings is 1. The van der Waals surface area contributed by atoms with Gasteiger partial charge in [0.1, 0.15) is 5.58 Å². The third kappa shape index (κ3) is 3.15. The molecule has 1 aromatic heterocycles. The van der Waals surface area contributed by atoms with Crippen LogP contribution in [0.15, 0.2) is 34.9 Å². The van der Waals surface area contributed by atoms with Crippen LogP contribution >= 0.6 is 0 Å². The molecule has 0 saturated heterocycles. The van der Waals surface area contributed by atoms with Crippen LogP contribution in [-0.4, -0.2) is 29.6 Å². The van der Waals surface area contributed by atoms with Crippen LogP contribution in [0.3, 0.4) is 0 Å². The number of fused-ring (bicyclic) bond motifs is 1. The first-order chi connectivity index (χ1) is 9.11. The Labute approximate surface area is 112 Å². The molecule has 2 aromatic rings. The summed E-state index contributed by atoms with van der Waals surface area (Å²) in [6.45, 7) is 3.14. The van der Waals surface area contributed by atoms with Crippen molar-refractivity contribution in [3.63, 3.8) is 0 Å². The van der Waals surface area contributed by atoms with Crippen molar-refractivity contribution in [2.45, 2.75) is 19.9 Å². The first-order valence-corrected chi connectivity index (χ1v) is 6.48. The second-order valence-electron chi connectivity index (χ2n) is 4.90. The molecule has 19 heavy (non-hydrogen) atoms. The molecule has 4 nitrogen and oxygen atoms in total. The molecular weight excluding hydrogens is 242 g/mol. The van der Waals surface area contributed by atoms with E-state index in [2.05, 4.69) is 0 Å². The summed E-state index contributed by atoms with van der Waals surface area (Å²) >= 11 is 0. The van der Waals surface area contributed by atoms with E-state index in [1.807, 2.05) is 43.1 Å². The zero-order valence-corrected chi connectivity index (χ0v) is 11.3. The molecular formula is C15H19NO3. The molecule has 0 aliphatic carbocycles. The molecule has 0 bridgehead atoms. The maximum atomic E-state index is 11.0. The Morgan fingerprint density at radius 3 is 2.84 bits per heavy atom. The van der Waals surface area contributed by atoms with Gasteiger partial charge in [0.25, 0.3) is 0 Å². The molecule has 4 heteroatoms. The topological polar surface area (TPSA) is 53.7 Å². The normalized spacial score (nSPS) is 13.0. The van der Waals surface area contributed by atoms with E-state index in [4.69, 9.17) is 9.52 Å². The number of carbonyl (C=O) groups is 1. The highest BCUT2D eigenvalue weighted by Crippen LogP contribution is 2.22. The minimum Gasteiger partial charge on any atom is -0.481 e. The number of furan rings is 1. The zero-order valence-electron chi connectivity index (χ0n) is 11.3. The Kier molecular flexibility index (Phi) is 4.22. The molecule has 1 aromatic carbocycles. The van der Waals surface area contributed by atoms with E-state index in [-0.39, 0.29) is 5.92 Å². The Balaban J connectivity index is 2.06. The minimum absolute atomic E-state index is 0.317. The van der Waals surface area contributed by atoms with E-state index in [1.165, 1.54) is 0 Å². The highest BCUT2D eigenvalue weighted by Gasteiger charge is 2.18. The fourth-order valence-corrected chi connectivity index (χ4v) is 2.27. The summed E-state index contributed by atoms with van der Waals surface area (Å²) in [5.41, 5.74) is 1.97. The van der Waals surface area contributed by atoms with Crippen LogP contribution in [-0.2, 0) is 11.3 Å². The molecule has 0 radical (unpaired) electrons. The van der Waals surface area contributed by atoms with Gasteiger partial charge in [-0.1, -0.05) is 25.1 Å². The van der Waals surface area contributed by atoms with Crippen LogP contribution in [0.5, 0.6) is 0 Å². The monoisotopic (exact) mass is 261 g/mol. The minimum atomic E-state index is -0.730. The van der Waals surface area contributed by atoms with E-state index in [9.17, 15) is 4.79 Å². The maximum absolute atomic E-state index is 11.0. The molecule has 0 amide bonds. The average Bonchev–Trinajstić information content (AvgIpc) is 2.79. The van der Waals surface area contributed by atoms with E-state index in [0.29, 0.717) is 19.5 Å². The number of hydrogen-bond donors (Lipinski definition) is 1. The van der Waals surface area contributed by atoms with Crippen molar-refractivity contribution < 1.29 is 14.3 Å². The maximum Gasteiger partial charge on any atom is 0.307 e. The van der Waals surface area contributed by atoms with Gasteiger partial charge in [0.2, 0.25) is 0 Å². The lowest BCUT2D eigenvalue weighted by Gasteiger charge is -2.19. The van der Waals surface area contributed by atoms with Gasteiger partial charge in [-0.3, -0.25) is 4.79 Å². The SMILES string of the molecule is CCC(CN(C)Cc1coc2ccccc12)C(=O)O. The molecule has 1 N–H and O–H groups in total. The fourth-order valence-electron chi connectivity index (χ4n) is 2.27. The highest BCUT2D eigenvalue weighted by atomic mass is 16.4. The Morgan fingerprint density at radius 1 is 1.42 bits per heavy atom. The average molecular weight is 261 g/mol. The van der Waals surface area contributed by atoms with Gasteiger partial charge in [0, 0.05) is 24.0 Å². The summed E-state index contributed by atoms with van der Waals surface area (Å²) in [5.74, 6) is -1.05. The van der Waals surface area contributed by atoms with Crippen LogP contribution in [0.4, 0.5) is 0 Å². The van der Waals surface area contributed by atoms with Crippen LogP contribution in [0.25, 0.3) is 11.0 Å². The third-order valence-electron chi connectivity index (χ3n) is 3.38. The summed E-state index contributed by atoms with van der Waals surface area (Å²) in [4.78, 5) is 13.1. The summed E-state index contributed by atoms with van der Waals surface area (Å²) in [6.07, 6.45) is 2.40. The van der Waals surface area contributed by atoms with Crippen LogP contribution in [0, 0.1) is 5.92 Å². The first kappa shape index (κ1) is 13.6. The third-order valence-corrected chi connectivity index (χ3v) is 3.38. The number of hydrogen-bond acceptors (Lipinski definition) is 3. The molecule has 1 unspecified atom stereocenters. The van der Waals surface area contributed by atoms with E-state index in [0.717, 1.165) is 16.5 Å². The van der Waals surface area contributed by atoms with Crippen molar-refractivity contribution in [1.82, 2.24) is 4.90 Å². The molecule has 102 valence electrons. The fraction of sp³-hybridized carbons (Fsp3) is 0.400. The van der Waals surface area contributed by atoms with Crippen molar-refractivity contribution in [3.8, 4) is 0 Å². The number of rotatable bonds is 6. The van der Waals surface area contributed by atoms with Gasteiger partial charge < -0.3 is 14.4 Å². The lowest BCUT2D eigenvalue weighted by molar-refractivity contribution is -0.142. The Hall–Kier alpha value is -1.81. The number of carboxylic acid groups (broad SMARTS) is 1. The summed E-state index contributed by atoms with van der Waals surface area (Å²) < 4.78 is 5.49. The summed E-state index contributed by atoms with van der Waals surface area (Å²) in [6, 6.07) is 7.88. The lowest BCUT2D eigenvalue weighted by atomic mass is 10.1. The van der Waals surface area contributed by atoms with Gasteiger partial charge in [-0.2, -0.15) is 0 Å². The van der Waals surface area contributed by atoms with Gasteiger partial charge in [-0.25, -0.2) is 0 Å². The van der Waals surface area contributed by atoms with Crippen molar-refractivity contribution >= 4 is 16.9 Å². The molecule has 0 aliphatic rings. The first-order valence-electron chi connectivity index (χ1n) is 6.48. The predicted octanol–water partition coefficient (Wildman–Crippen LogP) is 2.98. The molecule has 0 fully saturated rings. The Morgan fingerprint density at radius 2 is 2.16 bits per heavy atom. The van der Waals surface area contributed by atoms with Gasteiger partial charge in [-0.05, 0) is 19.5 Å². The molecule has 2 rings (SSSR count). The predicted molar refractivity (Wildman–Crippen MR) is 74.0 cm³/mol. The van der Waals surface area contributed by atoms with E-state index >= 15 is 0 Å². The van der Waals surface area contributed by atoms with E-state index < -0.39 is 5.97 Å². The highest BCUT2D eigenvalue weighted by molar-refractivity contribution is 5.80. The lowest BCUT2D eigenvalue weighted by Crippen LogP contribution is -2.29. The number of para-hydroxylation sites is 1. The van der Waals surface area contributed by atoms with Gasteiger partial charge in [0.05, 0.1) is 12.2 Å². The van der Waals surface area contributed by atoms with Crippen molar-refractivity contribution in [1.29, 1.82) is 0 Å².